The molecule has 13 aromatic rings. The molecule has 0 saturated heterocycles. The third kappa shape index (κ3) is 4.07. The minimum Gasteiger partial charge on any atom is -0.456 e. The third-order valence-corrected chi connectivity index (χ3v) is 11.9. The Balaban J connectivity index is 1.08. The zero-order chi connectivity index (χ0) is 36.5. The summed E-state index contributed by atoms with van der Waals surface area (Å²) in [5, 5.41) is 11.7. The topological polar surface area (TPSA) is 36.1 Å². The van der Waals surface area contributed by atoms with Crippen LogP contribution in [0.4, 0.5) is 0 Å². The van der Waals surface area contributed by atoms with E-state index in [1.807, 2.05) is 12.1 Å². The van der Waals surface area contributed by atoms with Crippen LogP contribution in [0.15, 0.2) is 191 Å². The van der Waals surface area contributed by atoms with E-state index < -0.39 is 0 Å². The van der Waals surface area contributed by atoms with E-state index in [0.717, 1.165) is 82.7 Å². The van der Waals surface area contributed by atoms with Gasteiger partial charge in [0.25, 0.3) is 0 Å². The third-order valence-electron chi connectivity index (χ3n) is 11.9. The molecule has 4 heteroatoms. The average molecular weight is 715 g/mol. The van der Waals surface area contributed by atoms with Gasteiger partial charge in [-0.2, -0.15) is 0 Å². The first kappa shape index (κ1) is 29.8. The monoisotopic (exact) mass is 714 g/mol. The zero-order valence-electron chi connectivity index (χ0n) is 30.0. The number of aromatic nitrogens is 2. The molecule has 9 aromatic carbocycles. The second-order valence-corrected chi connectivity index (χ2v) is 14.9. The molecular weight excluding hydrogens is 685 g/mol. The Morgan fingerprint density at radius 3 is 1.45 bits per heavy atom. The molecule has 13 rings (SSSR count). The van der Waals surface area contributed by atoms with Gasteiger partial charge in [0.05, 0.1) is 22.1 Å². The summed E-state index contributed by atoms with van der Waals surface area (Å²) < 4.78 is 17.8. The standard InChI is InChI=1S/C52H30N2O2/c1-3-12-34(13-4-1)53-45-23-20-32(25-39(45)41-27-43-37-17-9-10-18-49(37)55-50(43)29-47(41)53)33-21-24-46-40(26-33)42-28-44-38-22-19-31-11-7-8-16-36(31)52(38)56-51(44)30-48(42)54(46)35-14-5-2-6-15-35/h1-30H. The normalized spacial score (nSPS) is 12.3. The van der Waals surface area contributed by atoms with Gasteiger partial charge in [-0.25, -0.2) is 0 Å². The van der Waals surface area contributed by atoms with Crippen molar-refractivity contribution in [3.05, 3.63) is 182 Å². The fraction of sp³-hybridized carbons (Fsp3) is 0. The molecule has 0 aliphatic carbocycles. The average Bonchev–Trinajstić information content (AvgIpc) is 3.99. The summed E-state index contributed by atoms with van der Waals surface area (Å²) in [4.78, 5) is 0. The Kier molecular flexibility index (Phi) is 5.86. The molecule has 4 aromatic heterocycles. The van der Waals surface area contributed by atoms with E-state index in [0.29, 0.717) is 0 Å². The van der Waals surface area contributed by atoms with Gasteiger partial charge < -0.3 is 18.0 Å². The predicted octanol–water partition coefficient (Wildman–Crippen LogP) is 14.5. The summed E-state index contributed by atoms with van der Waals surface area (Å²) in [6.07, 6.45) is 0. The van der Waals surface area contributed by atoms with Crippen LogP contribution >= 0.6 is 0 Å². The number of fused-ring (bicyclic) bond motifs is 14. The van der Waals surface area contributed by atoms with Gasteiger partial charge in [-0.3, -0.25) is 0 Å². The lowest BCUT2D eigenvalue weighted by Gasteiger charge is -2.09. The molecule has 0 amide bonds. The van der Waals surface area contributed by atoms with Gasteiger partial charge in [-0.05, 0) is 89.3 Å². The smallest absolute Gasteiger partial charge is 0.143 e. The Labute approximate surface area is 319 Å². The van der Waals surface area contributed by atoms with E-state index in [-0.39, 0.29) is 0 Å². The van der Waals surface area contributed by atoms with E-state index in [1.165, 1.54) is 38.1 Å². The highest BCUT2D eigenvalue weighted by atomic mass is 16.3. The van der Waals surface area contributed by atoms with Crippen molar-refractivity contribution in [3.63, 3.8) is 0 Å². The molecule has 4 nitrogen and oxygen atoms in total. The number of hydrogen-bond donors (Lipinski definition) is 0. The van der Waals surface area contributed by atoms with E-state index >= 15 is 0 Å². The fourth-order valence-corrected chi connectivity index (χ4v) is 9.32. The number of furan rings is 2. The van der Waals surface area contributed by atoms with Crippen molar-refractivity contribution in [2.75, 3.05) is 0 Å². The molecule has 0 radical (unpaired) electrons. The van der Waals surface area contributed by atoms with Crippen LogP contribution in [0.5, 0.6) is 0 Å². The van der Waals surface area contributed by atoms with E-state index in [4.69, 9.17) is 8.83 Å². The maximum absolute atomic E-state index is 6.69. The molecule has 260 valence electrons. The van der Waals surface area contributed by atoms with Crippen LogP contribution in [-0.2, 0) is 0 Å². The van der Waals surface area contributed by atoms with Crippen LogP contribution in [0.3, 0.4) is 0 Å². The van der Waals surface area contributed by atoms with Crippen molar-refractivity contribution in [1.82, 2.24) is 9.13 Å². The first-order valence-electron chi connectivity index (χ1n) is 19.1. The number of nitrogens with zero attached hydrogens (tertiary/aromatic N) is 2. The molecule has 0 unspecified atom stereocenters. The molecule has 0 aliphatic rings. The molecule has 0 fully saturated rings. The molecular formula is C52H30N2O2. The summed E-state index contributed by atoms with van der Waals surface area (Å²) in [7, 11) is 0. The molecule has 0 atom stereocenters. The van der Waals surface area contributed by atoms with Crippen molar-refractivity contribution >= 4 is 98.3 Å². The Morgan fingerprint density at radius 1 is 0.286 bits per heavy atom. The van der Waals surface area contributed by atoms with Crippen LogP contribution < -0.4 is 0 Å². The van der Waals surface area contributed by atoms with Crippen LogP contribution in [0.25, 0.3) is 121 Å². The molecule has 0 bridgehead atoms. The summed E-state index contributed by atoms with van der Waals surface area (Å²) in [5.74, 6) is 0. The van der Waals surface area contributed by atoms with Gasteiger partial charge >= 0.3 is 0 Å². The van der Waals surface area contributed by atoms with Gasteiger partial charge in [0.15, 0.2) is 0 Å². The molecule has 4 heterocycles. The fourth-order valence-electron chi connectivity index (χ4n) is 9.32. The van der Waals surface area contributed by atoms with Crippen LogP contribution in [-0.4, -0.2) is 9.13 Å². The van der Waals surface area contributed by atoms with Crippen molar-refractivity contribution in [3.8, 4) is 22.5 Å². The van der Waals surface area contributed by atoms with Gasteiger partial charge in [-0.15, -0.1) is 0 Å². The maximum atomic E-state index is 6.69. The zero-order valence-corrected chi connectivity index (χ0v) is 30.0. The first-order chi connectivity index (χ1) is 27.7. The highest BCUT2D eigenvalue weighted by Gasteiger charge is 2.20. The van der Waals surface area contributed by atoms with Crippen LogP contribution in [0, 0.1) is 0 Å². The van der Waals surface area contributed by atoms with Crippen molar-refractivity contribution in [1.29, 1.82) is 0 Å². The number of hydrogen-bond acceptors (Lipinski definition) is 2. The second-order valence-electron chi connectivity index (χ2n) is 14.9. The molecule has 0 N–H and O–H groups in total. The number of rotatable bonds is 3. The Morgan fingerprint density at radius 2 is 0.804 bits per heavy atom. The van der Waals surface area contributed by atoms with E-state index in [9.17, 15) is 0 Å². The summed E-state index contributed by atoms with van der Waals surface area (Å²) in [5.41, 5.74) is 12.8. The van der Waals surface area contributed by atoms with Crippen molar-refractivity contribution < 1.29 is 8.83 Å². The molecule has 56 heavy (non-hydrogen) atoms. The van der Waals surface area contributed by atoms with E-state index in [1.54, 1.807) is 0 Å². The SMILES string of the molecule is c1ccc(-n2c3ccc(-c4ccc5c(c4)c4cc6c(cc4n5-c4ccccc4)oc4c5ccccc5ccc64)cc3c3cc4c(cc32)oc2ccccc24)cc1. The van der Waals surface area contributed by atoms with Crippen LogP contribution in [0.1, 0.15) is 0 Å². The van der Waals surface area contributed by atoms with E-state index in [2.05, 4.69) is 179 Å². The maximum Gasteiger partial charge on any atom is 0.143 e. The summed E-state index contributed by atoms with van der Waals surface area (Å²) in [6, 6.07) is 65.4. The minimum absolute atomic E-state index is 0.892. The van der Waals surface area contributed by atoms with Crippen molar-refractivity contribution in [2.24, 2.45) is 0 Å². The first-order valence-corrected chi connectivity index (χ1v) is 19.1. The lowest BCUT2D eigenvalue weighted by Crippen LogP contribution is -1.93. The molecule has 0 saturated carbocycles. The second kappa shape index (κ2) is 11.0. The summed E-state index contributed by atoms with van der Waals surface area (Å²) >= 11 is 0. The van der Waals surface area contributed by atoms with Crippen molar-refractivity contribution in [2.45, 2.75) is 0 Å². The highest BCUT2D eigenvalue weighted by molar-refractivity contribution is 6.22. The molecule has 0 spiro atoms. The van der Waals surface area contributed by atoms with Gasteiger partial charge in [-0.1, -0.05) is 97.1 Å². The largest absolute Gasteiger partial charge is 0.456 e. The predicted molar refractivity (Wildman–Crippen MR) is 233 cm³/mol. The quantitative estimate of drug-likeness (QED) is 0.183. The number of benzene rings is 9. The lowest BCUT2D eigenvalue weighted by molar-refractivity contribution is 0.669. The van der Waals surface area contributed by atoms with Gasteiger partial charge in [0.1, 0.15) is 22.3 Å². The lowest BCUT2D eigenvalue weighted by atomic mass is 9.99. The highest BCUT2D eigenvalue weighted by Crippen LogP contribution is 2.43. The van der Waals surface area contributed by atoms with Gasteiger partial charge in [0, 0.05) is 72.0 Å². The molecule has 0 aliphatic heterocycles. The number of para-hydroxylation sites is 3. The summed E-state index contributed by atoms with van der Waals surface area (Å²) in [6.45, 7) is 0. The van der Waals surface area contributed by atoms with Gasteiger partial charge in [0.2, 0.25) is 0 Å². The minimum atomic E-state index is 0.892. The van der Waals surface area contributed by atoms with Crippen LogP contribution in [0.2, 0.25) is 0 Å². The Hall–Kier alpha value is -7.56. The Bertz CT molecular complexity index is 3750.